The summed E-state index contributed by atoms with van der Waals surface area (Å²) in [7, 11) is 1.58. The molecule has 0 bridgehead atoms. The first-order valence-electron chi connectivity index (χ1n) is 11.0. The molecule has 8 heteroatoms. The van der Waals surface area contributed by atoms with Gasteiger partial charge in [0.15, 0.2) is 0 Å². The van der Waals surface area contributed by atoms with Gasteiger partial charge in [0, 0.05) is 12.1 Å². The van der Waals surface area contributed by atoms with Gasteiger partial charge in [-0.1, -0.05) is 24.3 Å². The molecule has 1 aliphatic carbocycles. The van der Waals surface area contributed by atoms with Gasteiger partial charge in [0.05, 0.1) is 25.3 Å². The lowest BCUT2D eigenvalue weighted by Crippen LogP contribution is -2.46. The number of rotatable bonds is 8. The molecule has 2 aliphatic heterocycles. The number of urea groups is 1. The molecule has 168 valence electrons. The summed E-state index contributed by atoms with van der Waals surface area (Å²) in [6, 6.07) is 6.56. The smallest absolute Gasteiger partial charge is 0.350 e. The van der Waals surface area contributed by atoms with E-state index in [9.17, 15) is 14.4 Å². The number of allylic oxidation sites excluding steroid dienone is 1. The zero-order chi connectivity index (χ0) is 22.5. The fraction of sp³-hybridized carbons (Fsp3) is 0.417. The lowest BCUT2D eigenvalue weighted by Gasteiger charge is -2.29. The molecule has 2 heterocycles. The Hall–Kier alpha value is -3.26. The van der Waals surface area contributed by atoms with E-state index >= 15 is 0 Å². The standard InChI is InChI=1S/C24H28N4O4/c1-32-19-8-5-17(6-9-19)16-28-23(30)20-10-7-18(15-21(20)26-24(28)31)22(29)25-11-4-14-27-12-2-3-13-27/h5-10,15,20H,2-4,11-14,16H2,1H3,(H,25,29). The summed E-state index contributed by atoms with van der Waals surface area (Å²) >= 11 is 0. The normalized spacial score (nSPS) is 20.7. The highest BCUT2D eigenvalue weighted by atomic mass is 16.5. The van der Waals surface area contributed by atoms with Crippen molar-refractivity contribution in [3.63, 3.8) is 0 Å². The van der Waals surface area contributed by atoms with Gasteiger partial charge in [-0.05, 0) is 62.7 Å². The number of ether oxygens (including phenoxy) is 1. The number of carbonyl (C=O) groups is 3. The van der Waals surface area contributed by atoms with Crippen molar-refractivity contribution < 1.29 is 19.1 Å². The van der Waals surface area contributed by atoms with Crippen molar-refractivity contribution in [2.24, 2.45) is 10.9 Å². The van der Waals surface area contributed by atoms with E-state index in [-0.39, 0.29) is 18.4 Å². The molecule has 3 aliphatic rings. The fourth-order valence-electron chi connectivity index (χ4n) is 4.15. The van der Waals surface area contributed by atoms with Gasteiger partial charge in [0.1, 0.15) is 5.75 Å². The number of likely N-dealkylation sites (tertiary alicyclic amines) is 1. The van der Waals surface area contributed by atoms with Gasteiger partial charge < -0.3 is 15.0 Å². The first-order chi connectivity index (χ1) is 15.5. The quantitative estimate of drug-likeness (QED) is 0.632. The maximum Gasteiger partial charge on any atom is 0.350 e. The van der Waals surface area contributed by atoms with Gasteiger partial charge >= 0.3 is 6.03 Å². The molecule has 1 fully saturated rings. The highest BCUT2D eigenvalue weighted by Crippen LogP contribution is 2.24. The van der Waals surface area contributed by atoms with Crippen LogP contribution in [0.4, 0.5) is 4.79 Å². The second-order valence-electron chi connectivity index (χ2n) is 8.19. The molecule has 32 heavy (non-hydrogen) atoms. The zero-order valence-corrected chi connectivity index (χ0v) is 18.3. The van der Waals surface area contributed by atoms with Gasteiger partial charge in [-0.15, -0.1) is 0 Å². The summed E-state index contributed by atoms with van der Waals surface area (Å²) in [4.78, 5) is 45.6. The monoisotopic (exact) mass is 436 g/mol. The van der Waals surface area contributed by atoms with Gasteiger partial charge in [0.25, 0.3) is 5.91 Å². The van der Waals surface area contributed by atoms with E-state index in [0.717, 1.165) is 36.5 Å². The third-order valence-corrected chi connectivity index (χ3v) is 5.98. The van der Waals surface area contributed by atoms with Crippen molar-refractivity contribution in [3.05, 3.63) is 53.6 Å². The van der Waals surface area contributed by atoms with Gasteiger partial charge in [-0.2, -0.15) is 4.99 Å². The molecule has 1 aromatic carbocycles. The molecule has 4 rings (SSSR count). The predicted molar refractivity (Wildman–Crippen MR) is 120 cm³/mol. The maximum atomic E-state index is 12.9. The Labute approximate surface area is 187 Å². The largest absolute Gasteiger partial charge is 0.497 e. The molecular weight excluding hydrogens is 408 g/mol. The highest BCUT2D eigenvalue weighted by Gasteiger charge is 2.37. The minimum absolute atomic E-state index is 0.136. The van der Waals surface area contributed by atoms with Crippen LogP contribution >= 0.6 is 0 Å². The number of imide groups is 1. The Morgan fingerprint density at radius 3 is 2.66 bits per heavy atom. The molecule has 4 amide bonds. The van der Waals surface area contributed by atoms with E-state index < -0.39 is 11.9 Å². The number of hydrogen-bond donors (Lipinski definition) is 1. The summed E-state index contributed by atoms with van der Waals surface area (Å²) in [5, 5.41) is 2.91. The topological polar surface area (TPSA) is 91.3 Å². The average Bonchev–Trinajstić information content (AvgIpc) is 3.33. The Morgan fingerprint density at radius 2 is 1.94 bits per heavy atom. The number of hydrogen-bond acceptors (Lipinski definition) is 5. The molecule has 1 atom stereocenters. The van der Waals surface area contributed by atoms with Gasteiger partial charge in [-0.3, -0.25) is 14.5 Å². The van der Waals surface area contributed by atoms with Crippen molar-refractivity contribution in [2.75, 3.05) is 33.3 Å². The molecule has 1 aromatic rings. The second kappa shape index (κ2) is 9.91. The number of aliphatic imine (C=N–C) groups is 1. The minimum atomic E-state index is -0.655. The molecule has 1 unspecified atom stereocenters. The molecule has 1 N–H and O–H groups in total. The van der Waals surface area contributed by atoms with Crippen LogP contribution in [0.5, 0.6) is 5.75 Å². The highest BCUT2D eigenvalue weighted by molar-refractivity contribution is 6.23. The SMILES string of the molecule is COc1ccc(CN2C(=O)N=C3C=C(C(=O)NCCCN4CCCC4)C=CC3C2=O)cc1. The van der Waals surface area contributed by atoms with Crippen molar-refractivity contribution >= 4 is 23.6 Å². The predicted octanol–water partition coefficient (Wildman–Crippen LogP) is 2.31. The number of fused-ring (bicyclic) bond motifs is 1. The van der Waals surface area contributed by atoms with E-state index in [2.05, 4.69) is 15.2 Å². The van der Waals surface area contributed by atoms with Crippen LogP contribution in [-0.2, 0) is 16.1 Å². The number of amides is 4. The van der Waals surface area contributed by atoms with Crippen molar-refractivity contribution in [1.29, 1.82) is 0 Å². The van der Waals surface area contributed by atoms with Crippen molar-refractivity contribution in [3.8, 4) is 5.75 Å². The molecular formula is C24H28N4O4. The molecule has 0 radical (unpaired) electrons. The fourth-order valence-corrected chi connectivity index (χ4v) is 4.15. The summed E-state index contributed by atoms with van der Waals surface area (Å²) in [5.74, 6) is -0.511. The van der Waals surface area contributed by atoms with Crippen molar-refractivity contribution in [2.45, 2.75) is 25.8 Å². The van der Waals surface area contributed by atoms with Crippen LogP contribution in [-0.4, -0.2) is 66.6 Å². The first kappa shape index (κ1) is 22.0. The number of nitrogens with one attached hydrogen (secondary N) is 1. The Morgan fingerprint density at radius 1 is 1.19 bits per heavy atom. The molecule has 8 nitrogen and oxygen atoms in total. The Bertz CT molecular complexity index is 974. The number of carbonyl (C=O) groups excluding carboxylic acids is 3. The van der Waals surface area contributed by atoms with Crippen LogP contribution in [0.25, 0.3) is 0 Å². The number of nitrogens with zero attached hydrogens (tertiary/aromatic N) is 3. The average molecular weight is 437 g/mol. The second-order valence-corrected chi connectivity index (χ2v) is 8.19. The van der Waals surface area contributed by atoms with E-state index in [0.29, 0.717) is 23.6 Å². The molecule has 0 saturated carbocycles. The van der Waals surface area contributed by atoms with Gasteiger partial charge in [-0.25, -0.2) is 4.79 Å². The van der Waals surface area contributed by atoms with Gasteiger partial charge in [0.2, 0.25) is 5.91 Å². The van der Waals surface area contributed by atoms with E-state index in [1.165, 1.54) is 12.8 Å². The third-order valence-electron chi connectivity index (χ3n) is 5.98. The Balaban J connectivity index is 1.36. The lowest BCUT2D eigenvalue weighted by atomic mass is 9.91. The third kappa shape index (κ3) is 4.96. The van der Waals surface area contributed by atoms with Crippen LogP contribution in [0.2, 0.25) is 0 Å². The maximum absolute atomic E-state index is 12.9. The van der Waals surface area contributed by atoms with Crippen molar-refractivity contribution in [1.82, 2.24) is 15.1 Å². The minimum Gasteiger partial charge on any atom is -0.497 e. The van der Waals surface area contributed by atoms with E-state index in [1.807, 2.05) is 0 Å². The summed E-state index contributed by atoms with van der Waals surface area (Å²) in [6.45, 7) is 3.99. The summed E-state index contributed by atoms with van der Waals surface area (Å²) < 4.78 is 5.14. The van der Waals surface area contributed by atoms with Crippen LogP contribution in [0.1, 0.15) is 24.8 Å². The van der Waals surface area contributed by atoms with Crippen LogP contribution in [0.15, 0.2) is 53.1 Å². The zero-order valence-electron chi connectivity index (χ0n) is 18.3. The molecule has 1 saturated heterocycles. The number of benzene rings is 1. The first-order valence-corrected chi connectivity index (χ1v) is 11.0. The molecule has 0 spiro atoms. The van der Waals surface area contributed by atoms with Crippen LogP contribution in [0, 0.1) is 5.92 Å². The lowest BCUT2D eigenvalue weighted by molar-refractivity contribution is -0.130. The van der Waals surface area contributed by atoms with E-state index in [1.54, 1.807) is 49.6 Å². The molecule has 0 aromatic heterocycles. The summed E-state index contributed by atoms with van der Waals surface area (Å²) in [6.07, 6.45) is 8.22. The van der Waals surface area contributed by atoms with E-state index in [4.69, 9.17) is 4.74 Å². The van der Waals surface area contributed by atoms with Crippen LogP contribution in [0.3, 0.4) is 0 Å². The summed E-state index contributed by atoms with van der Waals surface area (Å²) in [5.41, 5.74) is 1.52. The Kier molecular flexibility index (Phi) is 6.80. The number of methoxy groups -OCH3 is 1. The van der Waals surface area contributed by atoms with Crippen LogP contribution < -0.4 is 10.1 Å².